The zero-order valence-corrected chi connectivity index (χ0v) is 14.6. The Hall–Kier alpha value is -3.28. The highest BCUT2D eigenvalue weighted by Gasteiger charge is 2.14. The monoisotopic (exact) mass is 348 g/mol. The standard InChI is InChI=1S/C20H20N4O2/c1-2-26-20(25)16-9-12-23-19(13-16)24(14-17-7-3-5-10-21-17)15-18-8-4-6-11-22-18/h3-13H,2,14-15H2,1H3. The van der Waals surface area contributed by atoms with Gasteiger partial charge in [-0.1, -0.05) is 12.1 Å². The molecule has 0 bridgehead atoms. The summed E-state index contributed by atoms with van der Waals surface area (Å²) in [5.41, 5.74) is 2.29. The Morgan fingerprint density at radius 3 is 2.12 bits per heavy atom. The van der Waals surface area contributed by atoms with E-state index in [1.165, 1.54) is 0 Å². The first-order valence-corrected chi connectivity index (χ1v) is 8.44. The third kappa shape index (κ3) is 4.63. The number of rotatable bonds is 7. The van der Waals surface area contributed by atoms with Crippen molar-refractivity contribution in [3.8, 4) is 0 Å². The lowest BCUT2D eigenvalue weighted by Crippen LogP contribution is -2.24. The van der Waals surface area contributed by atoms with Crippen LogP contribution in [-0.2, 0) is 17.8 Å². The van der Waals surface area contributed by atoms with Crippen molar-refractivity contribution in [2.24, 2.45) is 0 Å². The third-order valence-electron chi connectivity index (χ3n) is 3.74. The number of aromatic nitrogens is 3. The molecule has 0 aliphatic carbocycles. The molecule has 0 N–H and O–H groups in total. The second kappa shape index (κ2) is 8.71. The lowest BCUT2D eigenvalue weighted by Gasteiger charge is -2.23. The Kier molecular flexibility index (Phi) is 5.88. The summed E-state index contributed by atoms with van der Waals surface area (Å²) < 4.78 is 5.09. The summed E-state index contributed by atoms with van der Waals surface area (Å²) in [5, 5.41) is 0. The van der Waals surface area contributed by atoms with Gasteiger partial charge in [-0.2, -0.15) is 0 Å². The summed E-state index contributed by atoms with van der Waals surface area (Å²) in [4.78, 5) is 27.3. The number of carbonyl (C=O) groups excluding carboxylic acids is 1. The smallest absolute Gasteiger partial charge is 0.338 e. The van der Waals surface area contributed by atoms with E-state index in [0.29, 0.717) is 31.1 Å². The van der Waals surface area contributed by atoms with Gasteiger partial charge in [0, 0.05) is 18.6 Å². The molecule has 3 aromatic heterocycles. The van der Waals surface area contributed by atoms with E-state index in [-0.39, 0.29) is 5.97 Å². The van der Waals surface area contributed by atoms with E-state index in [9.17, 15) is 4.79 Å². The molecular formula is C20H20N4O2. The van der Waals surface area contributed by atoms with Gasteiger partial charge in [-0.05, 0) is 43.3 Å². The normalized spacial score (nSPS) is 10.3. The molecule has 0 saturated carbocycles. The number of nitrogens with zero attached hydrogens (tertiary/aromatic N) is 4. The minimum absolute atomic E-state index is 0.335. The second-order valence-electron chi connectivity index (χ2n) is 5.62. The summed E-state index contributed by atoms with van der Waals surface area (Å²) >= 11 is 0. The molecule has 3 aromatic rings. The van der Waals surface area contributed by atoms with Crippen LogP contribution < -0.4 is 4.90 Å². The van der Waals surface area contributed by atoms with Crippen LogP contribution in [0.4, 0.5) is 5.82 Å². The van der Waals surface area contributed by atoms with Crippen LogP contribution in [0.1, 0.15) is 28.7 Å². The van der Waals surface area contributed by atoms with Gasteiger partial charge in [0.15, 0.2) is 0 Å². The highest BCUT2D eigenvalue weighted by molar-refractivity contribution is 5.90. The molecule has 0 aromatic carbocycles. The summed E-state index contributed by atoms with van der Waals surface area (Å²) in [6.45, 7) is 3.23. The number of carbonyl (C=O) groups is 1. The average molecular weight is 348 g/mol. The van der Waals surface area contributed by atoms with E-state index in [1.54, 1.807) is 37.6 Å². The van der Waals surface area contributed by atoms with Crippen molar-refractivity contribution in [3.05, 3.63) is 84.1 Å². The highest BCUT2D eigenvalue weighted by Crippen LogP contribution is 2.18. The summed E-state index contributed by atoms with van der Waals surface area (Å²) in [6.07, 6.45) is 5.14. The van der Waals surface area contributed by atoms with Crippen LogP contribution in [0.2, 0.25) is 0 Å². The zero-order chi connectivity index (χ0) is 18.2. The lowest BCUT2D eigenvalue weighted by molar-refractivity contribution is 0.0526. The first-order valence-electron chi connectivity index (χ1n) is 8.44. The molecule has 0 fully saturated rings. The topological polar surface area (TPSA) is 68.2 Å². The maximum atomic E-state index is 12.0. The van der Waals surface area contributed by atoms with E-state index in [4.69, 9.17) is 4.74 Å². The molecule has 0 atom stereocenters. The van der Waals surface area contributed by atoms with Crippen molar-refractivity contribution < 1.29 is 9.53 Å². The molecule has 0 amide bonds. The maximum Gasteiger partial charge on any atom is 0.338 e. The molecule has 6 heteroatoms. The maximum absolute atomic E-state index is 12.0. The van der Waals surface area contributed by atoms with Crippen LogP contribution in [0.15, 0.2) is 67.1 Å². The SMILES string of the molecule is CCOC(=O)c1ccnc(N(Cc2ccccn2)Cc2ccccn2)c1. The van der Waals surface area contributed by atoms with E-state index < -0.39 is 0 Å². The second-order valence-corrected chi connectivity index (χ2v) is 5.62. The van der Waals surface area contributed by atoms with Gasteiger partial charge in [0.25, 0.3) is 0 Å². The Balaban J connectivity index is 1.89. The molecule has 6 nitrogen and oxygen atoms in total. The predicted molar refractivity (Wildman–Crippen MR) is 98.6 cm³/mol. The summed E-state index contributed by atoms with van der Waals surface area (Å²) in [7, 11) is 0. The quantitative estimate of drug-likeness (QED) is 0.611. The molecule has 0 aliphatic heterocycles. The molecule has 3 heterocycles. The van der Waals surface area contributed by atoms with Crippen molar-refractivity contribution in [1.29, 1.82) is 0 Å². The van der Waals surface area contributed by atoms with Crippen molar-refractivity contribution in [2.75, 3.05) is 11.5 Å². The van der Waals surface area contributed by atoms with Gasteiger partial charge < -0.3 is 9.64 Å². The molecule has 3 rings (SSSR count). The van der Waals surface area contributed by atoms with Crippen LogP contribution in [0.5, 0.6) is 0 Å². The number of anilines is 1. The zero-order valence-electron chi connectivity index (χ0n) is 14.6. The van der Waals surface area contributed by atoms with E-state index in [1.807, 2.05) is 41.3 Å². The number of esters is 1. The largest absolute Gasteiger partial charge is 0.462 e. The molecule has 0 saturated heterocycles. The number of hydrogen-bond acceptors (Lipinski definition) is 6. The predicted octanol–water partition coefficient (Wildman–Crippen LogP) is 3.26. The van der Waals surface area contributed by atoms with Crippen LogP contribution >= 0.6 is 0 Å². The van der Waals surface area contributed by atoms with Gasteiger partial charge in [0.1, 0.15) is 5.82 Å². The van der Waals surface area contributed by atoms with Crippen molar-refractivity contribution >= 4 is 11.8 Å². The van der Waals surface area contributed by atoms with Gasteiger partial charge in [-0.15, -0.1) is 0 Å². The van der Waals surface area contributed by atoms with Crippen LogP contribution in [0, 0.1) is 0 Å². The fraction of sp³-hybridized carbons (Fsp3) is 0.200. The Bertz CT molecular complexity index is 799. The average Bonchev–Trinajstić information content (AvgIpc) is 2.69. The van der Waals surface area contributed by atoms with Gasteiger partial charge >= 0.3 is 5.97 Å². The summed E-state index contributed by atoms with van der Waals surface area (Å²) in [5.74, 6) is 0.318. The molecule has 0 unspecified atom stereocenters. The van der Waals surface area contributed by atoms with Gasteiger partial charge in [-0.3, -0.25) is 9.97 Å². The number of pyridine rings is 3. The van der Waals surface area contributed by atoms with E-state index >= 15 is 0 Å². The lowest BCUT2D eigenvalue weighted by atomic mass is 10.2. The number of ether oxygens (including phenoxy) is 1. The fourth-order valence-electron chi connectivity index (χ4n) is 2.53. The molecule has 132 valence electrons. The summed E-state index contributed by atoms with van der Waals surface area (Å²) in [6, 6.07) is 15.0. The molecule has 0 spiro atoms. The Morgan fingerprint density at radius 2 is 1.58 bits per heavy atom. The molecular weight excluding hydrogens is 328 g/mol. The Morgan fingerprint density at radius 1 is 0.923 bits per heavy atom. The Labute approximate surface area is 152 Å². The van der Waals surface area contributed by atoms with Crippen molar-refractivity contribution in [2.45, 2.75) is 20.0 Å². The van der Waals surface area contributed by atoms with Crippen LogP contribution in [0.3, 0.4) is 0 Å². The number of hydrogen-bond donors (Lipinski definition) is 0. The first-order chi connectivity index (χ1) is 12.8. The van der Waals surface area contributed by atoms with Crippen LogP contribution in [0.25, 0.3) is 0 Å². The molecule has 0 aliphatic rings. The third-order valence-corrected chi connectivity index (χ3v) is 3.74. The van der Waals surface area contributed by atoms with Crippen molar-refractivity contribution in [3.63, 3.8) is 0 Å². The minimum Gasteiger partial charge on any atom is -0.462 e. The fourth-order valence-corrected chi connectivity index (χ4v) is 2.53. The van der Waals surface area contributed by atoms with E-state index in [0.717, 1.165) is 11.4 Å². The highest BCUT2D eigenvalue weighted by atomic mass is 16.5. The van der Waals surface area contributed by atoms with Crippen molar-refractivity contribution in [1.82, 2.24) is 15.0 Å². The molecule has 0 radical (unpaired) electrons. The minimum atomic E-state index is -0.355. The van der Waals surface area contributed by atoms with E-state index in [2.05, 4.69) is 15.0 Å². The molecule has 26 heavy (non-hydrogen) atoms. The van der Waals surface area contributed by atoms with Crippen LogP contribution in [-0.4, -0.2) is 27.5 Å². The van der Waals surface area contributed by atoms with Gasteiger partial charge in [-0.25, -0.2) is 9.78 Å². The van der Waals surface area contributed by atoms with Gasteiger partial charge in [0.05, 0.1) is 36.6 Å². The first kappa shape index (κ1) is 17.5. The van der Waals surface area contributed by atoms with Gasteiger partial charge in [0.2, 0.25) is 0 Å².